The van der Waals surface area contributed by atoms with E-state index in [1.807, 2.05) is 0 Å². The average Bonchev–Trinajstić information content (AvgIpc) is 2.91. The Morgan fingerprint density at radius 2 is 1.71 bits per heavy atom. The molecule has 230 valence electrons. The molecule has 4 atom stereocenters. The van der Waals surface area contributed by atoms with Gasteiger partial charge in [-0.1, -0.05) is 44.2 Å². The van der Waals surface area contributed by atoms with E-state index >= 15 is 0 Å². The lowest BCUT2D eigenvalue weighted by Crippen LogP contribution is -2.60. The van der Waals surface area contributed by atoms with Gasteiger partial charge in [-0.2, -0.15) is 0 Å². The Balaban J connectivity index is 2.51. The number of amides is 5. The van der Waals surface area contributed by atoms with Gasteiger partial charge in [0.25, 0.3) is 0 Å². The molecule has 5 amide bonds. The molecule has 1 aliphatic rings. The van der Waals surface area contributed by atoms with Gasteiger partial charge in [-0.3, -0.25) is 28.8 Å². The molecule has 1 aromatic carbocycles. The Bertz CT molecular complexity index is 1170. The van der Waals surface area contributed by atoms with Crippen molar-refractivity contribution in [3.05, 3.63) is 35.9 Å². The first-order valence-corrected chi connectivity index (χ1v) is 13.6. The standard InChI is InChI=1S/C27H40N8O7/c1-15(2)22-25(41)33-17(23(28)39)10-7-11-30-27(29)31-14-20(36)32-18(13-21(37)38)24(40)34-19(26(42)35(22)3)12-16-8-5-4-6-9-16/h4-6,8-9,15,17-19,22H,7,10-14H2,1-3H3,(H2,28,39)(H,32,36)(H,33,41)(H,34,40)(H,37,38)(H3,29,30,31)/t17-,18-,19+,22-/m0/s1. The number of nitrogens with zero attached hydrogens (tertiary/aromatic N) is 2. The highest BCUT2D eigenvalue weighted by atomic mass is 16.4. The smallest absolute Gasteiger partial charge is 0.305 e. The van der Waals surface area contributed by atoms with Crippen molar-refractivity contribution in [2.24, 2.45) is 22.4 Å². The Labute approximate surface area is 243 Å². The molecule has 0 saturated carbocycles. The highest BCUT2D eigenvalue weighted by molar-refractivity contribution is 5.96. The van der Waals surface area contributed by atoms with E-state index in [0.29, 0.717) is 12.0 Å². The molecule has 1 aliphatic heterocycles. The maximum atomic E-state index is 13.8. The van der Waals surface area contributed by atoms with Crippen LogP contribution in [-0.2, 0) is 35.2 Å². The Kier molecular flexibility index (Phi) is 12.7. The molecule has 0 unspecified atom stereocenters. The van der Waals surface area contributed by atoms with E-state index < -0.39 is 78.6 Å². The molecule has 0 radical (unpaired) electrons. The number of nitrogens with two attached hydrogens (primary N) is 2. The first-order chi connectivity index (χ1) is 19.8. The summed E-state index contributed by atoms with van der Waals surface area (Å²) in [6, 6.07) is 3.90. The van der Waals surface area contributed by atoms with Gasteiger partial charge in [-0.15, -0.1) is 0 Å². The Morgan fingerprint density at radius 1 is 1.05 bits per heavy atom. The van der Waals surface area contributed by atoms with E-state index in [-0.39, 0.29) is 25.3 Å². The third-order valence-electron chi connectivity index (χ3n) is 6.62. The van der Waals surface area contributed by atoms with Gasteiger partial charge >= 0.3 is 5.97 Å². The number of benzene rings is 1. The summed E-state index contributed by atoms with van der Waals surface area (Å²) in [5.41, 5.74) is 12.0. The molecule has 42 heavy (non-hydrogen) atoms. The predicted octanol–water partition coefficient (Wildman–Crippen LogP) is -2.18. The minimum Gasteiger partial charge on any atom is -0.481 e. The number of guanidine groups is 1. The highest BCUT2D eigenvalue weighted by Gasteiger charge is 2.36. The molecule has 1 aromatic rings. The highest BCUT2D eigenvalue weighted by Crippen LogP contribution is 2.15. The molecule has 9 N–H and O–H groups in total. The number of carboxylic acids is 1. The quantitative estimate of drug-likeness (QED) is 0.191. The minimum atomic E-state index is -1.53. The number of aliphatic imine (C=N–C) groups is 1. The van der Waals surface area contributed by atoms with Crippen LogP contribution in [0.1, 0.15) is 38.7 Å². The summed E-state index contributed by atoms with van der Waals surface area (Å²) in [6.07, 6.45) is -0.251. The van der Waals surface area contributed by atoms with Crippen LogP contribution < -0.4 is 32.7 Å². The number of aliphatic carboxylic acids is 1. The fourth-order valence-electron chi connectivity index (χ4n) is 4.53. The number of rotatable bonds is 6. The number of nitrogens with one attached hydrogen (secondary N) is 4. The normalized spacial score (nSPS) is 23.7. The molecule has 0 aliphatic carbocycles. The number of primary amides is 1. The second kappa shape index (κ2) is 15.9. The summed E-state index contributed by atoms with van der Waals surface area (Å²) >= 11 is 0. The van der Waals surface area contributed by atoms with Crippen LogP contribution in [0, 0.1) is 5.92 Å². The van der Waals surface area contributed by atoms with Crippen LogP contribution in [0.25, 0.3) is 0 Å². The van der Waals surface area contributed by atoms with E-state index in [4.69, 9.17) is 11.5 Å². The van der Waals surface area contributed by atoms with Crippen molar-refractivity contribution in [2.75, 3.05) is 20.1 Å². The van der Waals surface area contributed by atoms with Crippen molar-refractivity contribution in [3.63, 3.8) is 0 Å². The molecule has 0 saturated heterocycles. The summed E-state index contributed by atoms with van der Waals surface area (Å²) in [6.45, 7) is 3.16. The van der Waals surface area contributed by atoms with Gasteiger partial charge in [0, 0.05) is 20.0 Å². The zero-order valence-corrected chi connectivity index (χ0v) is 24.0. The molecule has 0 bridgehead atoms. The first kappa shape index (κ1) is 33.5. The van der Waals surface area contributed by atoms with E-state index in [1.165, 1.54) is 11.9 Å². The second-order valence-electron chi connectivity index (χ2n) is 10.3. The number of likely N-dealkylation sites (N-methyl/N-ethyl adjacent to an activating group) is 1. The number of hydrogen-bond donors (Lipinski definition) is 7. The van der Waals surface area contributed by atoms with Crippen molar-refractivity contribution < 1.29 is 33.9 Å². The summed E-state index contributed by atoms with van der Waals surface area (Å²) in [4.78, 5) is 81.7. The largest absolute Gasteiger partial charge is 0.481 e. The lowest BCUT2D eigenvalue weighted by atomic mass is 9.98. The Hall–Kier alpha value is -4.69. The van der Waals surface area contributed by atoms with Gasteiger partial charge in [0.15, 0.2) is 5.96 Å². The van der Waals surface area contributed by atoms with E-state index in [2.05, 4.69) is 26.3 Å². The van der Waals surface area contributed by atoms with Crippen LogP contribution in [0.4, 0.5) is 0 Å². The van der Waals surface area contributed by atoms with Crippen molar-refractivity contribution in [3.8, 4) is 0 Å². The maximum Gasteiger partial charge on any atom is 0.305 e. The summed E-state index contributed by atoms with van der Waals surface area (Å²) < 4.78 is 0. The van der Waals surface area contributed by atoms with Gasteiger partial charge < -0.3 is 42.7 Å². The second-order valence-corrected chi connectivity index (χ2v) is 10.3. The summed E-state index contributed by atoms with van der Waals surface area (Å²) in [5, 5.41) is 19.7. The molecule has 15 nitrogen and oxygen atoms in total. The Morgan fingerprint density at radius 3 is 2.31 bits per heavy atom. The first-order valence-electron chi connectivity index (χ1n) is 13.6. The van der Waals surface area contributed by atoms with Crippen molar-refractivity contribution in [1.82, 2.24) is 26.2 Å². The fraction of sp³-hybridized carbons (Fsp3) is 0.519. The molecule has 2 rings (SSSR count). The van der Waals surface area contributed by atoms with Crippen molar-refractivity contribution in [2.45, 2.75) is 63.7 Å². The van der Waals surface area contributed by atoms with Gasteiger partial charge in [-0.05, 0) is 24.3 Å². The summed E-state index contributed by atoms with van der Waals surface area (Å²) in [5.74, 6) is -5.58. The predicted molar refractivity (Wildman–Crippen MR) is 153 cm³/mol. The van der Waals surface area contributed by atoms with Crippen molar-refractivity contribution >= 4 is 41.5 Å². The van der Waals surface area contributed by atoms with E-state index in [1.54, 1.807) is 44.2 Å². The minimum absolute atomic E-state index is 0.00628. The van der Waals surface area contributed by atoms with Crippen LogP contribution in [0.15, 0.2) is 35.3 Å². The SMILES string of the molecule is CC(C)[C@H]1C(=O)N[C@H](C(N)=O)CCCNC(N)=NCC(=O)N[C@@H](CC(=O)O)C(=O)N[C@H](Cc2ccccc2)C(=O)N1C. The van der Waals surface area contributed by atoms with Gasteiger partial charge in [-0.25, -0.2) is 4.99 Å². The van der Waals surface area contributed by atoms with Crippen LogP contribution in [0.3, 0.4) is 0 Å². The molecular formula is C27H40N8O7. The van der Waals surface area contributed by atoms with Crippen LogP contribution in [0.2, 0.25) is 0 Å². The number of carboxylic acid groups (broad SMARTS) is 1. The molecule has 15 heteroatoms. The molecule has 0 fully saturated rings. The average molecular weight is 589 g/mol. The van der Waals surface area contributed by atoms with Gasteiger partial charge in [0.1, 0.15) is 30.7 Å². The maximum absolute atomic E-state index is 13.8. The lowest BCUT2D eigenvalue weighted by Gasteiger charge is -2.34. The molecule has 0 aromatic heterocycles. The molecule has 1 heterocycles. The molecule has 0 spiro atoms. The van der Waals surface area contributed by atoms with Crippen LogP contribution >= 0.6 is 0 Å². The van der Waals surface area contributed by atoms with Crippen LogP contribution in [0.5, 0.6) is 0 Å². The monoisotopic (exact) mass is 588 g/mol. The van der Waals surface area contributed by atoms with Crippen molar-refractivity contribution in [1.29, 1.82) is 0 Å². The van der Waals surface area contributed by atoms with Gasteiger partial charge in [0.2, 0.25) is 29.5 Å². The topological polar surface area (TPSA) is 238 Å². The third kappa shape index (κ3) is 10.4. The van der Waals surface area contributed by atoms with Gasteiger partial charge in [0.05, 0.1) is 6.42 Å². The zero-order valence-electron chi connectivity index (χ0n) is 24.0. The van der Waals surface area contributed by atoms with Crippen LogP contribution in [-0.4, -0.2) is 95.8 Å². The lowest BCUT2D eigenvalue weighted by molar-refractivity contribution is -0.144. The fourth-order valence-corrected chi connectivity index (χ4v) is 4.53. The number of carbonyl (C=O) groups excluding carboxylic acids is 5. The number of hydrogen-bond acceptors (Lipinski definition) is 9. The number of carbonyl (C=O) groups is 6. The summed E-state index contributed by atoms with van der Waals surface area (Å²) in [7, 11) is 1.40. The molecular weight excluding hydrogens is 548 g/mol. The van der Waals surface area contributed by atoms with E-state index in [9.17, 15) is 33.9 Å². The van der Waals surface area contributed by atoms with E-state index in [0.717, 1.165) is 0 Å². The zero-order chi connectivity index (χ0) is 31.4. The third-order valence-corrected chi connectivity index (χ3v) is 6.62.